The third-order valence-electron chi connectivity index (χ3n) is 9.76. The third-order valence-corrected chi connectivity index (χ3v) is 9.76. The lowest BCUT2D eigenvalue weighted by molar-refractivity contribution is 0.0487. The summed E-state index contributed by atoms with van der Waals surface area (Å²) in [6.07, 6.45) is 17.7. The number of aryl methyl sites for hydroxylation is 1. The van der Waals surface area contributed by atoms with Crippen LogP contribution in [0.3, 0.4) is 0 Å². The van der Waals surface area contributed by atoms with Crippen molar-refractivity contribution in [3.8, 4) is 11.5 Å². The number of hydrogen-bond donors (Lipinski definition) is 2. The smallest absolute Gasteiger partial charge is 0.141 e. The molecular weight excluding hydrogens is 544 g/mol. The lowest BCUT2D eigenvalue weighted by Gasteiger charge is -2.52. The summed E-state index contributed by atoms with van der Waals surface area (Å²) < 4.78 is 12.4. The van der Waals surface area contributed by atoms with Crippen molar-refractivity contribution >= 4 is 0 Å². The maximum atomic E-state index is 12.9. The molecule has 0 fully saturated rings. The van der Waals surface area contributed by atoms with Crippen LogP contribution in [0.2, 0.25) is 0 Å². The maximum absolute atomic E-state index is 12.9. The zero-order chi connectivity index (χ0) is 31.0. The van der Waals surface area contributed by atoms with Gasteiger partial charge in [-0.15, -0.1) is 0 Å². The topological polar surface area (TPSA) is 58.9 Å². The van der Waals surface area contributed by atoms with Gasteiger partial charge < -0.3 is 19.7 Å². The van der Waals surface area contributed by atoms with Gasteiger partial charge >= 0.3 is 0 Å². The molecule has 2 atom stereocenters. The molecule has 0 aliphatic heterocycles. The highest BCUT2D eigenvalue weighted by molar-refractivity contribution is 5.73. The van der Waals surface area contributed by atoms with E-state index in [9.17, 15) is 10.2 Å². The van der Waals surface area contributed by atoms with Crippen LogP contribution in [0.5, 0.6) is 11.5 Å². The zero-order valence-corrected chi connectivity index (χ0v) is 27.4. The Morgan fingerprint density at radius 1 is 0.455 bits per heavy atom. The van der Waals surface area contributed by atoms with Crippen molar-refractivity contribution in [2.45, 2.75) is 128 Å². The summed E-state index contributed by atoms with van der Waals surface area (Å²) in [7, 11) is 0. The van der Waals surface area contributed by atoms with Gasteiger partial charge in [-0.1, -0.05) is 122 Å². The molecular formula is C40H54O4. The van der Waals surface area contributed by atoms with Crippen LogP contribution in [0.4, 0.5) is 0 Å². The average Bonchev–Trinajstić information content (AvgIpc) is 3.04. The first-order chi connectivity index (χ1) is 21.5. The molecule has 2 N–H and O–H groups in total. The number of ether oxygens (including phenoxy) is 2. The molecule has 2 unspecified atom stereocenters. The molecule has 44 heavy (non-hydrogen) atoms. The number of rotatable bonds is 19. The van der Waals surface area contributed by atoms with Crippen LogP contribution >= 0.6 is 0 Å². The molecule has 4 nitrogen and oxygen atoms in total. The molecule has 0 saturated heterocycles. The second-order valence-corrected chi connectivity index (χ2v) is 13.1. The molecule has 238 valence electrons. The minimum absolute atomic E-state index is 0.654. The molecule has 0 amide bonds. The Morgan fingerprint density at radius 2 is 0.864 bits per heavy atom. The molecule has 3 aromatic carbocycles. The highest BCUT2D eigenvalue weighted by Gasteiger charge is 2.58. The second-order valence-electron chi connectivity index (χ2n) is 13.1. The van der Waals surface area contributed by atoms with Gasteiger partial charge in [-0.3, -0.25) is 0 Å². The van der Waals surface area contributed by atoms with E-state index < -0.39 is 11.2 Å². The molecule has 3 aliphatic rings. The van der Waals surface area contributed by atoms with E-state index in [1.54, 1.807) is 0 Å². The van der Waals surface area contributed by atoms with E-state index >= 15 is 0 Å². The summed E-state index contributed by atoms with van der Waals surface area (Å²) in [5, 5.41) is 25.6. The Labute approximate surface area is 265 Å². The van der Waals surface area contributed by atoms with Gasteiger partial charge in [0.15, 0.2) is 0 Å². The monoisotopic (exact) mass is 598 g/mol. The molecule has 6 rings (SSSR count). The highest BCUT2D eigenvalue weighted by Crippen LogP contribution is 2.60. The molecule has 3 aliphatic carbocycles. The number of aliphatic hydroxyl groups is 2. The summed E-state index contributed by atoms with van der Waals surface area (Å²) >= 11 is 0. The van der Waals surface area contributed by atoms with E-state index in [0.29, 0.717) is 24.3 Å². The van der Waals surface area contributed by atoms with Crippen molar-refractivity contribution < 1.29 is 19.7 Å². The van der Waals surface area contributed by atoms with Crippen LogP contribution in [0, 0.1) is 0 Å². The van der Waals surface area contributed by atoms with Crippen LogP contribution in [-0.2, 0) is 17.6 Å². The predicted molar refractivity (Wildman–Crippen MR) is 180 cm³/mol. The summed E-state index contributed by atoms with van der Waals surface area (Å²) in [5.74, 6) is 1.48. The van der Waals surface area contributed by atoms with Crippen LogP contribution in [0.1, 0.15) is 150 Å². The zero-order valence-electron chi connectivity index (χ0n) is 27.4. The standard InChI is InChI=1S/C40H54O4/c1-4-7-10-12-14-16-25-43-31-21-24-35-37(28-31)39(41)33-22-19-30(18-9-6-3)27-36(33)40(35,42)38-29-32(20-23-34(38)39)44-26-17-15-13-11-8-5-2/h19-24,27-29,41-42H,4-18,25-26H2,1-3H3. The fourth-order valence-electron chi connectivity index (χ4n) is 7.21. The van der Waals surface area contributed by atoms with E-state index in [2.05, 4.69) is 32.9 Å². The first-order valence-electron chi connectivity index (χ1n) is 17.6. The van der Waals surface area contributed by atoms with Gasteiger partial charge in [-0.25, -0.2) is 0 Å². The SMILES string of the molecule is CCCCCCCCOc1ccc2c(c1)C1(O)c3ccc(CCCC)cc3C2(O)c2cc(OCCCCCCCC)ccc21. The van der Waals surface area contributed by atoms with E-state index in [-0.39, 0.29) is 0 Å². The van der Waals surface area contributed by atoms with Crippen LogP contribution < -0.4 is 9.47 Å². The summed E-state index contributed by atoms with van der Waals surface area (Å²) in [6, 6.07) is 18.0. The molecule has 4 heteroatoms. The molecule has 0 spiro atoms. The average molecular weight is 599 g/mol. The van der Waals surface area contributed by atoms with E-state index in [0.717, 1.165) is 65.9 Å². The van der Waals surface area contributed by atoms with Crippen molar-refractivity contribution in [2.75, 3.05) is 13.2 Å². The number of benzene rings is 3. The quantitative estimate of drug-likeness (QED) is 0.135. The first-order valence-corrected chi connectivity index (χ1v) is 17.6. The maximum Gasteiger partial charge on any atom is 0.141 e. The lowest BCUT2D eigenvalue weighted by atomic mass is 9.56. The van der Waals surface area contributed by atoms with Gasteiger partial charge in [0.05, 0.1) is 13.2 Å². The molecule has 0 aromatic heterocycles. The molecule has 2 bridgehead atoms. The van der Waals surface area contributed by atoms with Crippen LogP contribution in [0.15, 0.2) is 54.6 Å². The highest BCUT2D eigenvalue weighted by atomic mass is 16.5. The van der Waals surface area contributed by atoms with Crippen molar-refractivity contribution in [1.82, 2.24) is 0 Å². The molecule has 3 aromatic rings. The Balaban J connectivity index is 1.43. The summed E-state index contributed by atoms with van der Waals surface area (Å²) in [6.45, 7) is 7.98. The molecule has 0 saturated carbocycles. The van der Waals surface area contributed by atoms with Gasteiger partial charge in [-0.2, -0.15) is 0 Å². The van der Waals surface area contributed by atoms with Crippen molar-refractivity contribution in [3.63, 3.8) is 0 Å². The lowest BCUT2D eigenvalue weighted by Crippen LogP contribution is -2.50. The Morgan fingerprint density at radius 3 is 1.36 bits per heavy atom. The van der Waals surface area contributed by atoms with E-state index in [1.165, 1.54) is 69.8 Å². The van der Waals surface area contributed by atoms with Crippen molar-refractivity contribution in [3.05, 3.63) is 93.5 Å². The Kier molecular flexibility index (Phi) is 11.1. The normalized spacial score (nSPS) is 19.4. The van der Waals surface area contributed by atoms with Gasteiger partial charge in [0, 0.05) is 11.1 Å². The number of unbranched alkanes of at least 4 members (excludes halogenated alkanes) is 11. The van der Waals surface area contributed by atoms with Crippen molar-refractivity contribution in [1.29, 1.82) is 0 Å². The van der Waals surface area contributed by atoms with Gasteiger partial charge in [-0.05, 0) is 77.8 Å². The van der Waals surface area contributed by atoms with E-state index in [1.807, 2.05) is 42.5 Å². The fraction of sp³-hybridized carbons (Fsp3) is 0.550. The largest absolute Gasteiger partial charge is 0.494 e. The van der Waals surface area contributed by atoms with Gasteiger partial charge in [0.25, 0.3) is 0 Å². The van der Waals surface area contributed by atoms with Crippen LogP contribution in [-0.4, -0.2) is 23.4 Å². The van der Waals surface area contributed by atoms with E-state index in [4.69, 9.17) is 9.47 Å². The Bertz CT molecular complexity index is 1380. The third kappa shape index (κ3) is 6.44. The first kappa shape index (κ1) is 32.6. The minimum Gasteiger partial charge on any atom is -0.494 e. The van der Waals surface area contributed by atoms with Crippen molar-refractivity contribution in [2.24, 2.45) is 0 Å². The fourth-order valence-corrected chi connectivity index (χ4v) is 7.21. The minimum atomic E-state index is -1.38. The predicted octanol–water partition coefficient (Wildman–Crippen LogP) is 9.70. The summed E-state index contributed by atoms with van der Waals surface area (Å²) in [5.41, 5.74) is 2.84. The van der Waals surface area contributed by atoms with Crippen LogP contribution in [0.25, 0.3) is 0 Å². The van der Waals surface area contributed by atoms with Gasteiger partial charge in [0.2, 0.25) is 0 Å². The molecule has 0 radical (unpaired) electrons. The second kappa shape index (κ2) is 15.0. The Hall–Kier alpha value is -2.82. The molecule has 0 heterocycles. The number of hydrogen-bond acceptors (Lipinski definition) is 4. The summed E-state index contributed by atoms with van der Waals surface area (Å²) in [4.78, 5) is 0. The van der Waals surface area contributed by atoms with Gasteiger partial charge in [0.1, 0.15) is 22.7 Å².